The van der Waals surface area contributed by atoms with Gasteiger partial charge in [-0.15, -0.1) is 0 Å². The van der Waals surface area contributed by atoms with Gasteiger partial charge in [-0.2, -0.15) is 0 Å². The molecule has 0 aliphatic heterocycles. The van der Waals surface area contributed by atoms with Gasteiger partial charge in [0, 0.05) is 6.92 Å². The van der Waals surface area contributed by atoms with Crippen molar-refractivity contribution in [3.63, 3.8) is 0 Å². The predicted octanol–water partition coefficient (Wildman–Crippen LogP) is 0.626. The second kappa shape index (κ2) is 4.49. The van der Waals surface area contributed by atoms with Crippen molar-refractivity contribution in [3.05, 3.63) is 11.8 Å². The van der Waals surface area contributed by atoms with Gasteiger partial charge in [-0.05, 0) is 6.92 Å². The van der Waals surface area contributed by atoms with Crippen LogP contribution in [-0.2, 0) is 19.1 Å². The molecule has 0 atom stereocenters. The molecule has 0 aliphatic rings. The Hall–Kier alpha value is -1.32. The predicted molar refractivity (Wildman–Crippen MR) is 37.5 cm³/mol. The van der Waals surface area contributed by atoms with Gasteiger partial charge in [-0.25, -0.2) is 4.79 Å². The van der Waals surface area contributed by atoms with Crippen molar-refractivity contribution in [1.82, 2.24) is 0 Å². The van der Waals surface area contributed by atoms with Gasteiger partial charge >= 0.3 is 11.9 Å². The van der Waals surface area contributed by atoms with Crippen molar-refractivity contribution in [2.24, 2.45) is 0 Å². The molecule has 0 heterocycles. The summed E-state index contributed by atoms with van der Waals surface area (Å²) in [6, 6.07) is 0. The summed E-state index contributed by atoms with van der Waals surface area (Å²) < 4.78 is 8.84. The van der Waals surface area contributed by atoms with Gasteiger partial charge in [0.1, 0.15) is 5.76 Å². The SMILES string of the molecule is COC(=O)/C=C(\C)OC(C)=O. The van der Waals surface area contributed by atoms with Crippen molar-refractivity contribution in [2.45, 2.75) is 13.8 Å². The Kier molecular flexibility index (Phi) is 3.95. The normalized spacial score (nSPS) is 10.6. The molecule has 0 N–H and O–H groups in total. The molecule has 0 fully saturated rings. The third kappa shape index (κ3) is 5.14. The number of hydrogen-bond acceptors (Lipinski definition) is 4. The fourth-order valence-electron chi connectivity index (χ4n) is 0.481. The fraction of sp³-hybridized carbons (Fsp3) is 0.429. The Bertz CT molecular complexity index is 193. The van der Waals surface area contributed by atoms with E-state index in [1.165, 1.54) is 21.0 Å². The summed E-state index contributed by atoms with van der Waals surface area (Å²) in [4.78, 5) is 20.8. The van der Waals surface area contributed by atoms with Crippen molar-refractivity contribution in [1.29, 1.82) is 0 Å². The van der Waals surface area contributed by atoms with Gasteiger partial charge in [0.05, 0.1) is 13.2 Å². The molecule has 62 valence electrons. The minimum absolute atomic E-state index is 0.226. The zero-order valence-corrected chi connectivity index (χ0v) is 6.71. The largest absolute Gasteiger partial charge is 0.466 e. The van der Waals surface area contributed by atoms with Gasteiger partial charge in [0.25, 0.3) is 0 Å². The lowest BCUT2D eigenvalue weighted by atomic mass is 10.5. The van der Waals surface area contributed by atoms with Gasteiger partial charge in [-0.3, -0.25) is 4.79 Å². The van der Waals surface area contributed by atoms with Gasteiger partial charge in [-0.1, -0.05) is 0 Å². The molecule has 0 aromatic carbocycles. The Morgan fingerprint density at radius 3 is 2.18 bits per heavy atom. The maximum atomic E-state index is 10.5. The number of carbonyl (C=O) groups is 2. The molecule has 0 saturated carbocycles. The maximum absolute atomic E-state index is 10.5. The monoisotopic (exact) mass is 158 g/mol. The summed E-state index contributed by atoms with van der Waals surface area (Å²) in [5.41, 5.74) is 0. The molecule has 0 radical (unpaired) electrons. The summed E-state index contributed by atoms with van der Waals surface area (Å²) >= 11 is 0. The topological polar surface area (TPSA) is 52.6 Å². The van der Waals surface area contributed by atoms with Crippen LogP contribution in [0.5, 0.6) is 0 Å². The lowest BCUT2D eigenvalue weighted by Crippen LogP contribution is -2.01. The van der Waals surface area contributed by atoms with Crippen LogP contribution in [0.2, 0.25) is 0 Å². The lowest BCUT2D eigenvalue weighted by Gasteiger charge is -1.98. The fourth-order valence-corrected chi connectivity index (χ4v) is 0.481. The standard InChI is InChI=1S/C7H10O4/c1-5(11-6(2)8)4-7(9)10-3/h4H,1-3H3/b5-4+. The number of methoxy groups -OCH3 is 1. The first kappa shape index (κ1) is 9.68. The van der Waals surface area contributed by atoms with Crippen LogP contribution < -0.4 is 0 Å². The number of esters is 2. The maximum Gasteiger partial charge on any atom is 0.333 e. The number of rotatable bonds is 2. The summed E-state index contributed by atoms with van der Waals surface area (Å²) in [5, 5.41) is 0. The highest BCUT2D eigenvalue weighted by Crippen LogP contribution is 1.95. The van der Waals surface area contributed by atoms with Crippen LogP contribution in [0.1, 0.15) is 13.8 Å². The molecule has 4 nitrogen and oxygen atoms in total. The summed E-state index contributed by atoms with van der Waals surface area (Å²) in [6.45, 7) is 2.76. The first-order chi connectivity index (χ1) is 5.06. The first-order valence-electron chi connectivity index (χ1n) is 3.01. The van der Waals surface area contributed by atoms with Crippen LogP contribution >= 0.6 is 0 Å². The highest BCUT2D eigenvalue weighted by Gasteiger charge is 1.99. The van der Waals surface area contributed by atoms with Crippen molar-refractivity contribution >= 4 is 11.9 Å². The lowest BCUT2D eigenvalue weighted by molar-refractivity contribution is -0.137. The Labute approximate surface area is 64.8 Å². The van der Waals surface area contributed by atoms with Crippen LogP contribution in [0, 0.1) is 0 Å². The highest BCUT2D eigenvalue weighted by molar-refractivity contribution is 5.82. The number of hydrogen-bond donors (Lipinski definition) is 0. The Balaban J connectivity index is 4.00. The van der Waals surface area contributed by atoms with E-state index in [-0.39, 0.29) is 5.76 Å². The summed E-state index contributed by atoms with van der Waals surface area (Å²) in [7, 11) is 1.25. The van der Waals surface area contributed by atoms with Crippen LogP contribution in [-0.4, -0.2) is 19.0 Å². The molecule has 0 spiro atoms. The van der Waals surface area contributed by atoms with E-state index < -0.39 is 11.9 Å². The molecule has 0 aromatic heterocycles. The van der Waals surface area contributed by atoms with E-state index in [9.17, 15) is 9.59 Å². The molecule has 0 unspecified atom stereocenters. The highest BCUT2D eigenvalue weighted by atomic mass is 16.5. The smallest absolute Gasteiger partial charge is 0.333 e. The summed E-state index contributed by atoms with van der Waals surface area (Å²) in [5.74, 6) is -0.768. The second-order valence-electron chi connectivity index (χ2n) is 1.87. The molecule has 0 rings (SSSR count). The van der Waals surface area contributed by atoms with E-state index in [0.717, 1.165) is 6.08 Å². The van der Waals surface area contributed by atoms with Crippen LogP contribution in [0.3, 0.4) is 0 Å². The average Bonchev–Trinajstić information content (AvgIpc) is 1.85. The van der Waals surface area contributed by atoms with E-state index >= 15 is 0 Å². The molecule has 0 aliphatic carbocycles. The Morgan fingerprint density at radius 2 is 1.82 bits per heavy atom. The van der Waals surface area contributed by atoms with E-state index in [2.05, 4.69) is 9.47 Å². The molecule has 0 aromatic rings. The van der Waals surface area contributed by atoms with Crippen LogP contribution in [0.15, 0.2) is 11.8 Å². The minimum Gasteiger partial charge on any atom is -0.466 e. The number of carbonyl (C=O) groups excluding carboxylic acids is 2. The van der Waals surface area contributed by atoms with Gasteiger partial charge in [0.2, 0.25) is 0 Å². The third-order valence-electron chi connectivity index (χ3n) is 0.827. The van der Waals surface area contributed by atoms with E-state index in [1.54, 1.807) is 0 Å². The average molecular weight is 158 g/mol. The number of ether oxygens (including phenoxy) is 2. The van der Waals surface area contributed by atoms with Crippen molar-refractivity contribution in [3.8, 4) is 0 Å². The van der Waals surface area contributed by atoms with E-state index in [0.29, 0.717) is 0 Å². The molecule has 0 saturated heterocycles. The zero-order valence-electron chi connectivity index (χ0n) is 6.71. The minimum atomic E-state index is -0.538. The molecular formula is C7H10O4. The molecule has 0 bridgehead atoms. The third-order valence-corrected chi connectivity index (χ3v) is 0.827. The first-order valence-corrected chi connectivity index (χ1v) is 3.01. The molecule has 11 heavy (non-hydrogen) atoms. The van der Waals surface area contributed by atoms with E-state index in [4.69, 9.17) is 0 Å². The Morgan fingerprint density at radius 1 is 1.27 bits per heavy atom. The summed E-state index contributed by atoms with van der Waals surface area (Å²) in [6.07, 6.45) is 1.10. The quantitative estimate of drug-likeness (QED) is 0.336. The molecular weight excluding hydrogens is 148 g/mol. The van der Waals surface area contributed by atoms with E-state index in [1.807, 2.05) is 0 Å². The van der Waals surface area contributed by atoms with Crippen molar-refractivity contribution in [2.75, 3.05) is 7.11 Å². The van der Waals surface area contributed by atoms with Gasteiger partial charge in [0.15, 0.2) is 0 Å². The van der Waals surface area contributed by atoms with Crippen LogP contribution in [0.4, 0.5) is 0 Å². The van der Waals surface area contributed by atoms with Gasteiger partial charge < -0.3 is 9.47 Å². The number of allylic oxidation sites excluding steroid dienone is 1. The molecule has 0 amide bonds. The molecule has 4 heteroatoms. The zero-order chi connectivity index (χ0) is 8.85. The van der Waals surface area contributed by atoms with Crippen LogP contribution in [0.25, 0.3) is 0 Å². The second-order valence-corrected chi connectivity index (χ2v) is 1.87. The van der Waals surface area contributed by atoms with Crippen molar-refractivity contribution < 1.29 is 19.1 Å².